The van der Waals surface area contributed by atoms with E-state index >= 15 is 0 Å². The van der Waals surface area contributed by atoms with Crippen molar-refractivity contribution in [1.29, 1.82) is 0 Å². The first-order valence-electron chi connectivity index (χ1n) is 17.4. The fourth-order valence-electron chi connectivity index (χ4n) is 7.05. The van der Waals surface area contributed by atoms with Gasteiger partial charge in [-0.05, 0) is 110 Å². The molecule has 1 N–H and O–H groups in total. The molecule has 2 bridgehead atoms. The third-order valence-electron chi connectivity index (χ3n) is 9.90. The summed E-state index contributed by atoms with van der Waals surface area (Å²) in [5.74, 6) is 0.457. The van der Waals surface area contributed by atoms with E-state index < -0.39 is 21.7 Å². The molecule has 1 unspecified atom stereocenters. The Hall–Kier alpha value is -3.66. The molecule has 0 spiro atoms. The molecule has 0 radical (unpaired) electrons. The summed E-state index contributed by atoms with van der Waals surface area (Å²) in [5, 5.41) is 0.720. The molecule has 0 aromatic heterocycles. The van der Waals surface area contributed by atoms with Crippen molar-refractivity contribution in [2.75, 3.05) is 30.9 Å². The van der Waals surface area contributed by atoms with E-state index in [1.54, 1.807) is 13.2 Å². The van der Waals surface area contributed by atoms with Crippen molar-refractivity contribution in [3.63, 3.8) is 0 Å². The number of halogens is 1. The lowest BCUT2D eigenvalue weighted by Gasteiger charge is -2.43. The van der Waals surface area contributed by atoms with Crippen molar-refractivity contribution in [3.8, 4) is 5.75 Å². The average Bonchev–Trinajstić information content (AvgIpc) is 3.11. The molecular weight excluding hydrogens is 658 g/mol. The molecule has 2 aliphatic heterocycles. The fourth-order valence-corrected chi connectivity index (χ4v) is 8.88. The van der Waals surface area contributed by atoms with Gasteiger partial charge in [-0.15, -0.1) is 4.36 Å². The Morgan fingerprint density at radius 2 is 1.92 bits per heavy atom. The molecule has 8 nitrogen and oxygen atoms in total. The van der Waals surface area contributed by atoms with Gasteiger partial charge in [-0.1, -0.05) is 60.2 Å². The number of benzene rings is 3. The highest BCUT2D eigenvalue weighted by Gasteiger charge is 2.38. The average molecular weight is 704 g/mol. The van der Waals surface area contributed by atoms with Crippen LogP contribution in [0.25, 0.3) is 0 Å². The van der Waals surface area contributed by atoms with Gasteiger partial charge in [0.2, 0.25) is 5.91 Å². The Labute approximate surface area is 295 Å². The third kappa shape index (κ3) is 9.12. The lowest BCUT2D eigenvalue weighted by atomic mass is 9.70. The molecule has 260 valence electrons. The number of carbonyl (C=O) groups is 2. The lowest BCUT2D eigenvalue weighted by molar-refractivity contribution is -0.119. The van der Waals surface area contributed by atoms with Crippen molar-refractivity contribution >= 4 is 39.0 Å². The van der Waals surface area contributed by atoms with Crippen molar-refractivity contribution in [2.24, 2.45) is 16.2 Å². The van der Waals surface area contributed by atoms with Crippen LogP contribution in [0.4, 0.5) is 5.69 Å². The van der Waals surface area contributed by atoms with E-state index in [9.17, 15) is 13.8 Å². The van der Waals surface area contributed by atoms with Gasteiger partial charge >= 0.3 is 0 Å². The molecule has 6 rings (SSSR count). The number of ether oxygens (including phenoxy) is 2. The van der Waals surface area contributed by atoms with Crippen LogP contribution in [0.3, 0.4) is 0 Å². The molecule has 49 heavy (non-hydrogen) atoms. The summed E-state index contributed by atoms with van der Waals surface area (Å²) in [4.78, 5) is 29.2. The molecule has 2 heterocycles. The van der Waals surface area contributed by atoms with Crippen LogP contribution in [-0.2, 0) is 38.8 Å². The van der Waals surface area contributed by atoms with E-state index in [1.165, 1.54) is 11.1 Å². The van der Waals surface area contributed by atoms with Crippen LogP contribution < -0.4 is 14.4 Å². The van der Waals surface area contributed by atoms with E-state index in [0.29, 0.717) is 55.6 Å². The number of hydrogen-bond donors (Lipinski definition) is 1. The van der Waals surface area contributed by atoms with Crippen molar-refractivity contribution in [3.05, 3.63) is 106 Å². The zero-order valence-corrected chi connectivity index (χ0v) is 29.7. The van der Waals surface area contributed by atoms with Gasteiger partial charge in [0.15, 0.2) is 0 Å². The maximum atomic E-state index is 14.2. The number of rotatable bonds is 5. The quantitative estimate of drug-likeness (QED) is 0.273. The van der Waals surface area contributed by atoms with Crippen molar-refractivity contribution in [1.82, 2.24) is 4.72 Å². The Bertz CT molecular complexity index is 1790. The van der Waals surface area contributed by atoms with Crippen LogP contribution in [0.2, 0.25) is 5.02 Å². The smallest absolute Gasteiger partial charge is 0.286 e. The van der Waals surface area contributed by atoms with E-state index in [4.69, 9.17) is 21.1 Å². The number of nitrogens with one attached hydrogen (secondary N) is 1. The number of aryl methyl sites for hydroxylation is 2. The molecule has 2 amide bonds. The minimum absolute atomic E-state index is 0.0444. The number of fused-ring (bicyclic) bond motifs is 3. The van der Waals surface area contributed by atoms with Gasteiger partial charge in [-0.2, -0.15) is 0 Å². The number of nitrogens with zero attached hydrogens (tertiary/aromatic N) is 2. The molecular formula is C39H46ClN3O5S. The van der Waals surface area contributed by atoms with Crippen LogP contribution in [0, 0.1) is 11.8 Å². The fraction of sp³-hybridized carbons (Fsp3) is 0.436. The molecule has 1 fully saturated rings. The number of methoxy groups -OCH3 is 1. The van der Waals surface area contributed by atoms with Gasteiger partial charge in [0.1, 0.15) is 15.7 Å². The molecule has 0 saturated heterocycles. The Kier molecular flexibility index (Phi) is 11.7. The summed E-state index contributed by atoms with van der Waals surface area (Å²) >= 11 is 6.45. The van der Waals surface area contributed by atoms with Gasteiger partial charge in [0, 0.05) is 37.2 Å². The second-order valence-electron chi connectivity index (χ2n) is 13.3. The highest BCUT2D eigenvalue weighted by Crippen LogP contribution is 2.42. The molecule has 3 aromatic carbocycles. The van der Waals surface area contributed by atoms with Gasteiger partial charge in [-0.3, -0.25) is 14.3 Å². The molecule has 3 aromatic rings. The molecule has 3 aliphatic rings. The molecule has 1 aliphatic carbocycles. The SMILES string of the molecule is CO[C@H]1/C=C/CCCS(=O)(NC(=O)CCc2ccccc2)=NC(=O)c2ccc3c(c2)N(Cc2ccc(Cl)cc2CCCCO3)C[C@@H]2CC[C@H]21. The monoisotopic (exact) mass is 703 g/mol. The highest BCUT2D eigenvalue weighted by molar-refractivity contribution is 7.92. The van der Waals surface area contributed by atoms with Crippen molar-refractivity contribution < 1.29 is 23.3 Å². The maximum Gasteiger partial charge on any atom is 0.286 e. The number of hydrogen-bond acceptors (Lipinski definition) is 6. The minimum Gasteiger partial charge on any atom is -0.491 e. The Balaban J connectivity index is 1.38. The topological polar surface area (TPSA) is 97.3 Å². The number of amides is 2. The zero-order valence-electron chi connectivity index (χ0n) is 28.2. The summed E-state index contributed by atoms with van der Waals surface area (Å²) in [6.07, 6.45) is 10.8. The summed E-state index contributed by atoms with van der Waals surface area (Å²) in [5.41, 5.74) is 4.51. The standard InChI is InChI=1S/C39H46ClN3O5S/c1-47-36-13-6-3-9-23-49(46,41-38(44)21-14-28-10-4-2-5-11-28)42-39(45)30-17-20-37-35(25-30)43(27-32-16-19-34(32)36)26-31-15-18-33(40)24-29(31)12-7-8-22-48-37/h2,4-6,10-11,13,15,17-18,20,24-25,32,34,36H,3,7-9,12,14,16,19,21-23,26-27H2,1H3,(H,41,42,44,45,46)/b13-6+/t32-,34+,36-,49?/m0/s1. The van der Waals surface area contributed by atoms with Gasteiger partial charge in [-0.25, -0.2) is 4.21 Å². The van der Waals surface area contributed by atoms with E-state index in [1.807, 2.05) is 48.5 Å². The zero-order chi connectivity index (χ0) is 34.2. The first-order chi connectivity index (χ1) is 23.8. The van der Waals surface area contributed by atoms with E-state index in [0.717, 1.165) is 54.9 Å². The van der Waals surface area contributed by atoms with Crippen molar-refractivity contribution in [2.45, 2.75) is 70.4 Å². The molecule has 1 saturated carbocycles. The summed E-state index contributed by atoms with van der Waals surface area (Å²) in [6, 6.07) is 21.1. The minimum atomic E-state index is -3.40. The second kappa shape index (κ2) is 16.4. The molecule has 4 atom stereocenters. The Morgan fingerprint density at radius 1 is 1.06 bits per heavy atom. The van der Waals surface area contributed by atoms with E-state index in [2.05, 4.69) is 38.3 Å². The summed E-state index contributed by atoms with van der Waals surface area (Å²) in [7, 11) is -1.64. The normalized spacial score (nSPS) is 25.2. The van der Waals surface area contributed by atoms with Crippen LogP contribution in [-0.4, -0.2) is 48.1 Å². The predicted octanol–water partition coefficient (Wildman–Crippen LogP) is 7.73. The second-order valence-corrected chi connectivity index (χ2v) is 15.8. The molecule has 10 heteroatoms. The van der Waals surface area contributed by atoms with Crippen LogP contribution in [0.15, 0.2) is 83.2 Å². The third-order valence-corrected chi connectivity index (χ3v) is 12.0. The first-order valence-corrected chi connectivity index (χ1v) is 19.5. The van der Waals surface area contributed by atoms with E-state index in [-0.39, 0.29) is 18.3 Å². The van der Waals surface area contributed by atoms with Crippen LogP contribution >= 0.6 is 11.6 Å². The summed E-state index contributed by atoms with van der Waals surface area (Å²) < 4.78 is 33.5. The predicted molar refractivity (Wildman–Crippen MR) is 195 cm³/mol. The maximum absolute atomic E-state index is 14.2. The number of carbonyl (C=O) groups excluding carboxylic acids is 2. The first kappa shape index (κ1) is 35.2. The van der Waals surface area contributed by atoms with Gasteiger partial charge in [0.25, 0.3) is 5.91 Å². The van der Waals surface area contributed by atoms with Crippen LogP contribution in [0.5, 0.6) is 5.75 Å². The number of allylic oxidation sites excluding steroid dienone is 1. The van der Waals surface area contributed by atoms with Crippen LogP contribution in [0.1, 0.15) is 72.0 Å². The van der Waals surface area contributed by atoms with Gasteiger partial charge < -0.3 is 14.4 Å². The Morgan fingerprint density at radius 3 is 2.71 bits per heavy atom. The largest absolute Gasteiger partial charge is 0.491 e. The lowest BCUT2D eigenvalue weighted by Crippen LogP contribution is -2.43. The number of anilines is 1. The highest BCUT2D eigenvalue weighted by atomic mass is 35.5. The summed E-state index contributed by atoms with van der Waals surface area (Å²) in [6.45, 7) is 1.90. The van der Waals surface area contributed by atoms with Gasteiger partial charge in [0.05, 0.1) is 24.2 Å².